The van der Waals surface area contributed by atoms with Crippen molar-refractivity contribution in [3.05, 3.63) is 53.4 Å². The molecule has 3 rings (SSSR count). The Labute approximate surface area is 150 Å². The number of anilines is 1. The number of rotatable bonds is 3. The first kappa shape index (κ1) is 17.2. The first-order valence-corrected chi connectivity index (χ1v) is 8.39. The predicted molar refractivity (Wildman–Crippen MR) is 94.0 cm³/mol. The molecule has 8 heteroatoms. The van der Waals surface area contributed by atoms with Crippen molar-refractivity contribution < 1.29 is 9.59 Å². The van der Waals surface area contributed by atoms with Crippen molar-refractivity contribution >= 4 is 29.2 Å². The molecule has 2 aromatic rings. The van der Waals surface area contributed by atoms with E-state index in [0.717, 1.165) is 18.9 Å². The van der Waals surface area contributed by atoms with Crippen LogP contribution in [0.4, 0.5) is 5.82 Å². The van der Waals surface area contributed by atoms with E-state index in [0.29, 0.717) is 17.9 Å². The first-order chi connectivity index (χ1) is 12.1. The van der Waals surface area contributed by atoms with Crippen molar-refractivity contribution in [2.45, 2.75) is 12.8 Å². The van der Waals surface area contributed by atoms with Crippen molar-refractivity contribution in [2.24, 2.45) is 5.92 Å². The highest BCUT2D eigenvalue weighted by Gasteiger charge is 2.26. The van der Waals surface area contributed by atoms with E-state index in [1.54, 1.807) is 30.5 Å². The highest BCUT2D eigenvalue weighted by molar-refractivity contribution is 6.30. The van der Waals surface area contributed by atoms with Crippen LogP contribution in [0.25, 0.3) is 0 Å². The van der Waals surface area contributed by atoms with Crippen molar-refractivity contribution in [2.75, 3.05) is 18.0 Å². The van der Waals surface area contributed by atoms with Gasteiger partial charge in [0.2, 0.25) is 5.91 Å². The van der Waals surface area contributed by atoms with Gasteiger partial charge in [0.15, 0.2) is 0 Å². The van der Waals surface area contributed by atoms with Gasteiger partial charge in [0.25, 0.3) is 5.91 Å². The Morgan fingerprint density at radius 3 is 2.52 bits per heavy atom. The lowest BCUT2D eigenvalue weighted by atomic mass is 9.96. The van der Waals surface area contributed by atoms with Crippen molar-refractivity contribution in [3.8, 4) is 0 Å². The van der Waals surface area contributed by atoms with Crippen molar-refractivity contribution in [1.29, 1.82) is 0 Å². The number of piperidine rings is 1. The van der Waals surface area contributed by atoms with Gasteiger partial charge in [-0.15, -0.1) is 0 Å². The van der Waals surface area contributed by atoms with E-state index in [4.69, 9.17) is 11.6 Å². The van der Waals surface area contributed by atoms with Gasteiger partial charge in [0, 0.05) is 31.4 Å². The van der Waals surface area contributed by atoms with Gasteiger partial charge in [0.1, 0.15) is 11.5 Å². The van der Waals surface area contributed by atoms with Crippen LogP contribution in [0.15, 0.2) is 42.7 Å². The van der Waals surface area contributed by atoms with Crippen molar-refractivity contribution in [3.63, 3.8) is 0 Å². The predicted octanol–water partition coefficient (Wildman–Crippen LogP) is 1.81. The third kappa shape index (κ3) is 4.45. The summed E-state index contributed by atoms with van der Waals surface area (Å²) < 4.78 is 0. The van der Waals surface area contributed by atoms with Gasteiger partial charge in [-0.3, -0.25) is 25.4 Å². The van der Waals surface area contributed by atoms with E-state index < -0.39 is 5.91 Å². The molecule has 0 aromatic carbocycles. The summed E-state index contributed by atoms with van der Waals surface area (Å²) in [6, 6.07) is 8.69. The summed E-state index contributed by atoms with van der Waals surface area (Å²) in [6.07, 6.45) is 4.52. The Bertz CT molecular complexity index is 730. The zero-order valence-corrected chi connectivity index (χ0v) is 14.2. The molecule has 2 aromatic heterocycles. The number of nitrogens with zero attached hydrogens (tertiary/aromatic N) is 3. The molecule has 2 amide bonds. The minimum absolute atomic E-state index is 0.146. The maximum atomic E-state index is 12.2. The van der Waals surface area contributed by atoms with E-state index in [1.807, 2.05) is 6.07 Å². The molecule has 1 aliphatic heterocycles. The number of carbonyl (C=O) groups is 2. The van der Waals surface area contributed by atoms with Crippen LogP contribution in [0.1, 0.15) is 23.3 Å². The molecule has 7 nitrogen and oxygen atoms in total. The third-order valence-electron chi connectivity index (χ3n) is 4.10. The second kappa shape index (κ2) is 7.94. The number of aromatic nitrogens is 2. The molecule has 0 aliphatic carbocycles. The van der Waals surface area contributed by atoms with Crippen molar-refractivity contribution in [1.82, 2.24) is 20.8 Å². The minimum Gasteiger partial charge on any atom is -0.357 e. The van der Waals surface area contributed by atoms with Gasteiger partial charge in [-0.05, 0) is 37.1 Å². The molecule has 0 radical (unpaired) electrons. The van der Waals surface area contributed by atoms with Crippen LogP contribution in [-0.2, 0) is 4.79 Å². The molecular weight excluding hydrogens is 342 g/mol. The van der Waals surface area contributed by atoms with Gasteiger partial charge in [-0.2, -0.15) is 0 Å². The quantitative estimate of drug-likeness (QED) is 0.816. The summed E-state index contributed by atoms with van der Waals surface area (Å²) in [4.78, 5) is 34.4. The summed E-state index contributed by atoms with van der Waals surface area (Å²) in [6.45, 7) is 1.45. The first-order valence-electron chi connectivity index (χ1n) is 8.01. The second-order valence-corrected chi connectivity index (χ2v) is 6.19. The van der Waals surface area contributed by atoms with E-state index in [2.05, 4.69) is 25.7 Å². The smallest absolute Gasteiger partial charge is 0.288 e. The molecule has 2 N–H and O–H groups in total. The zero-order chi connectivity index (χ0) is 17.6. The average Bonchev–Trinajstić information content (AvgIpc) is 2.67. The summed E-state index contributed by atoms with van der Waals surface area (Å²) in [5.74, 6) is 0.0871. The molecule has 0 unspecified atom stereocenters. The van der Waals surface area contributed by atoms with E-state index in [-0.39, 0.29) is 17.5 Å². The van der Waals surface area contributed by atoms with Crippen LogP contribution in [-0.4, -0.2) is 34.9 Å². The number of nitrogens with one attached hydrogen (secondary N) is 2. The molecule has 3 heterocycles. The molecule has 0 atom stereocenters. The normalized spacial score (nSPS) is 14.8. The summed E-state index contributed by atoms with van der Waals surface area (Å²) in [7, 11) is 0. The molecule has 0 saturated carbocycles. The maximum Gasteiger partial charge on any atom is 0.288 e. The lowest BCUT2D eigenvalue weighted by Gasteiger charge is -2.32. The van der Waals surface area contributed by atoms with Crippen LogP contribution in [0.5, 0.6) is 0 Å². The Morgan fingerprint density at radius 2 is 1.88 bits per heavy atom. The van der Waals surface area contributed by atoms with E-state index in [1.165, 1.54) is 6.20 Å². The molecule has 1 fully saturated rings. The number of pyridine rings is 2. The molecule has 0 spiro atoms. The standard InChI is InChI=1S/C17H18ClN5O2/c18-13-4-5-15(20-11-13)23-9-6-12(7-10-23)16(24)21-22-17(25)14-3-1-2-8-19-14/h1-5,8,11-12H,6-7,9-10H2,(H,21,24)(H,22,25). The monoisotopic (exact) mass is 359 g/mol. The van der Waals surface area contributed by atoms with Crippen LogP contribution >= 0.6 is 11.6 Å². The maximum absolute atomic E-state index is 12.2. The number of hydrogen-bond acceptors (Lipinski definition) is 5. The SMILES string of the molecule is O=C(NNC(=O)C1CCN(c2ccc(Cl)cn2)CC1)c1ccccn1. The fourth-order valence-corrected chi connectivity index (χ4v) is 2.82. The number of halogens is 1. The summed E-state index contributed by atoms with van der Waals surface area (Å²) in [5.41, 5.74) is 5.14. The molecule has 0 bridgehead atoms. The molecule has 25 heavy (non-hydrogen) atoms. The highest BCUT2D eigenvalue weighted by atomic mass is 35.5. The van der Waals surface area contributed by atoms with Gasteiger partial charge in [-0.25, -0.2) is 4.98 Å². The third-order valence-corrected chi connectivity index (χ3v) is 4.32. The van der Waals surface area contributed by atoms with Crippen LogP contribution in [0.2, 0.25) is 5.02 Å². The highest BCUT2D eigenvalue weighted by Crippen LogP contribution is 2.22. The van der Waals surface area contributed by atoms with Crippen LogP contribution in [0.3, 0.4) is 0 Å². The number of hydrogen-bond donors (Lipinski definition) is 2. The van der Waals surface area contributed by atoms with Gasteiger partial charge in [0.05, 0.1) is 5.02 Å². The molecule has 1 aliphatic rings. The fraction of sp³-hybridized carbons (Fsp3) is 0.294. The number of hydrazine groups is 1. The Kier molecular flexibility index (Phi) is 5.45. The minimum atomic E-state index is -0.434. The topological polar surface area (TPSA) is 87.2 Å². The van der Waals surface area contributed by atoms with Gasteiger partial charge >= 0.3 is 0 Å². The van der Waals surface area contributed by atoms with E-state index >= 15 is 0 Å². The Hall–Kier alpha value is -2.67. The summed E-state index contributed by atoms with van der Waals surface area (Å²) in [5, 5.41) is 0.599. The van der Waals surface area contributed by atoms with Crippen LogP contribution in [0, 0.1) is 5.92 Å². The lowest BCUT2D eigenvalue weighted by Crippen LogP contribution is -2.47. The van der Waals surface area contributed by atoms with E-state index in [9.17, 15) is 9.59 Å². The van der Waals surface area contributed by atoms with Crippen LogP contribution < -0.4 is 15.8 Å². The van der Waals surface area contributed by atoms with Gasteiger partial charge < -0.3 is 4.90 Å². The molecular formula is C17H18ClN5O2. The average molecular weight is 360 g/mol. The zero-order valence-electron chi connectivity index (χ0n) is 13.5. The lowest BCUT2D eigenvalue weighted by molar-refractivity contribution is -0.126. The largest absolute Gasteiger partial charge is 0.357 e. The Morgan fingerprint density at radius 1 is 1.08 bits per heavy atom. The fourth-order valence-electron chi connectivity index (χ4n) is 2.71. The van der Waals surface area contributed by atoms with Gasteiger partial charge in [-0.1, -0.05) is 17.7 Å². The molecule has 130 valence electrons. The molecule has 1 saturated heterocycles. The number of carbonyl (C=O) groups excluding carboxylic acids is 2. The second-order valence-electron chi connectivity index (χ2n) is 5.75. The Balaban J connectivity index is 1.47. The number of amides is 2. The summed E-state index contributed by atoms with van der Waals surface area (Å²) >= 11 is 5.85.